The summed E-state index contributed by atoms with van der Waals surface area (Å²) in [5, 5.41) is 0. The van der Waals surface area contributed by atoms with E-state index in [2.05, 4.69) is 0 Å². The first-order valence-electron chi connectivity index (χ1n) is 3.76. The van der Waals surface area contributed by atoms with Gasteiger partial charge in [0.05, 0.1) is 4.34 Å². The molecule has 0 saturated carbocycles. The number of halogens is 2. The third-order valence-corrected chi connectivity index (χ3v) is 3.10. The monoisotopic (exact) mass is 263 g/mol. The highest BCUT2D eigenvalue weighted by molar-refractivity contribution is 7.20. The van der Waals surface area contributed by atoms with Gasteiger partial charge >= 0.3 is 5.76 Å². The minimum Gasteiger partial charge on any atom is -0.409 e. The number of hydrogen-bond donors (Lipinski definition) is 1. The van der Waals surface area contributed by atoms with Crippen LogP contribution in [-0.4, -0.2) is 4.98 Å². The summed E-state index contributed by atoms with van der Waals surface area (Å²) in [6, 6.07) is 2.68. The van der Waals surface area contributed by atoms with Gasteiger partial charge in [-0.15, -0.1) is 11.3 Å². The average Bonchev–Trinajstić information content (AvgIpc) is 2.43. The topological polar surface area (TPSA) is 63.1 Å². The Kier molecular flexibility index (Phi) is 2.68. The molecular formula is C8H3Cl2NO3S. The number of nitrogens with one attached hydrogen (secondary N) is 1. The summed E-state index contributed by atoms with van der Waals surface area (Å²) < 4.78 is 5.62. The van der Waals surface area contributed by atoms with E-state index in [1.165, 1.54) is 6.07 Å². The van der Waals surface area contributed by atoms with Gasteiger partial charge in [-0.3, -0.25) is 9.78 Å². The van der Waals surface area contributed by atoms with E-state index in [-0.39, 0.29) is 5.76 Å². The van der Waals surface area contributed by atoms with Gasteiger partial charge < -0.3 is 4.42 Å². The van der Waals surface area contributed by atoms with Gasteiger partial charge in [-0.25, -0.2) is 4.79 Å². The largest absolute Gasteiger partial charge is 0.419 e. The van der Waals surface area contributed by atoms with Crippen molar-refractivity contribution in [2.75, 3.05) is 0 Å². The molecule has 0 bridgehead atoms. The minimum atomic E-state index is -0.823. The van der Waals surface area contributed by atoms with E-state index in [0.717, 1.165) is 17.4 Å². The van der Waals surface area contributed by atoms with Crippen LogP contribution in [0.3, 0.4) is 0 Å². The molecule has 0 aliphatic rings. The van der Waals surface area contributed by atoms with Gasteiger partial charge in [0.2, 0.25) is 0 Å². The molecule has 2 rings (SSSR count). The summed E-state index contributed by atoms with van der Waals surface area (Å²) in [5.41, 5.74) is -0.102. The van der Waals surface area contributed by atoms with Crippen LogP contribution >= 0.6 is 34.5 Å². The van der Waals surface area contributed by atoms with Crippen molar-refractivity contribution in [2.24, 2.45) is 0 Å². The zero-order valence-electron chi connectivity index (χ0n) is 7.04. The molecule has 0 radical (unpaired) electrons. The van der Waals surface area contributed by atoms with Crippen molar-refractivity contribution in [3.63, 3.8) is 0 Å². The van der Waals surface area contributed by atoms with Crippen molar-refractivity contribution in [1.82, 2.24) is 4.98 Å². The molecule has 78 valence electrons. The number of rotatable bonds is 1. The molecule has 1 N–H and O–H groups in total. The van der Waals surface area contributed by atoms with E-state index >= 15 is 0 Å². The first-order chi connectivity index (χ1) is 7.06. The molecule has 4 nitrogen and oxygen atoms in total. The molecule has 0 saturated heterocycles. The van der Waals surface area contributed by atoms with Crippen molar-refractivity contribution in [1.29, 1.82) is 0 Å². The lowest BCUT2D eigenvalue weighted by molar-refractivity contribution is 0.494. The molecule has 2 heterocycles. The standard InChI is InChI=1S/C8H3Cl2NO3S/c9-5-1-3(7(10)15-5)4-2-6(12)11-8(13)14-4/h1-2H,(H,11,12,13). The lowest BCUT2D eigenvalue weighted by atomic mass is 10.2. The third-order valence-electron chi connectivity index (χ3n) is 1.61. The van der Waals surface area contributed by atoms with Crippen LogP contribution in [0.4, 0.5) is 0 Å². The Hall–Kier alpha value is -1.04. The second kappa shape index (κ2) is 3.84. The second-order valence-electron chi connectivity index (χ2n) is 2.63. The SMILES string of the molecule is O=c1cc(-c2cc(Cl)sc2Cl)oc(=O)[nH]1. The summed E-state index contributed by atoms with van der Waals surface area (Å²) in [4.78, 5) is 23.9. The molecule has 0 aliphatic carbocycles. The zero-order valence-corrected chi connectivity index (χ0v) is 9.37. The van der Waals surface area contributed by atoms with Gasteiger partial charge in [0.25, 0.3) is 5.56 Å². The minimum absolute atomic E-state index is 0.108. The Balaban J connectivity index is 2.68. The van der Waals surface area contributed by atoms with Crippen molar-refractivity contribution in [3.8, 4) is 11.3 Å². The number of hydrogen-bond acceptors (Lipinski definition) is 4. The van der Waals surface area contributed by atoms with Crippen LogP contribution in [0, 0.1) is 0 Å². The van der Waals surface area contributed by atoms with Gasteiger partial charge in [-0.1, -0.05) is 23.2 Å². The van der Waals surface area contributed by atoms with E-state index in [9.17, 15) is 9.59 Å². The molecule has 7 heteroatoms. The molecule has 0 aromatic carbocycles. The van der Waals surface area contributed by atoms with E-state index in [1.807, 2.05) is 4.98 Å². The molecule has 15 heavy (non-hydrogen) atoms. The first kappa shape index (κ1) is 10.5. The van der Waals surface area contributed by atoms with E-state index in [0.29, 0.717) is 14.2 Å². The molecule has 0 unspecified atom stereocenters. The van der Waals surface area contributed by atoms with Gasteiger partial charge in [-0.05, 0) is 6.07 Å². The maximum absolute atomic E-state index is 11.0. The average molecular weight is 264 g/mol. The molecule has 0 amide bonds. The van der Waals surface area contributed by atoms with Gasteiger partial charge in [0.15, 0.2) is 0 Å². The summed E-state index contributed by atoms with van der Waals surface area (Å²) in [6.07, 6.45) is 0. The molecular weight excluding hydrogens is 261 g/mol. The van der Waals surface area contributed by atoms with Crippen LogP contribution in [0.25, 0.3) is 11.3 Å². The summed E-state index contributed by atoms with van der Waals surface area (Å²) in [5.74, 6) is -0.715. The van der Waals surface area contributed by atoms with E-state index in [1.54, 1.807) is 0 Å². The molecule has 0 atom stereocenters. The maximum Gasteiger partial charge on any atom is 0.419 e. The zero-order chi connectivity index (χ0) is 11.0. The van der Waals surface area contributed by atoms with Gasteiger partial charge in [0, 0.05) is 11.6 Å². The third kappa shape index (κ3) is 2.14. The van der Waals surface area contributed by atoms with Gasteiger partial charge in [0.1, 0.15) is 10.1 Å². The number of aromatic amines is 1. The Morgan fingerprint density at radius 1 is 1.27 bits per heavy atom. The maximum atomic E-state index is 11.0. The molecule has 2 aromatic rings. The van der Waals surface area contributed by atoms with Crippen LogP contribution in [0.1, 0.15) is 0 Å². The van der Waals surface area contributed by atoms with Crippen molar-refractivity contribution in [3.05, 3.63) is 41.7 Å². The summed E-state index contributed by atoms with van der Waals surface area (Å²) in [7, 11) is 0. The van der Waals surface area contributed by atoms with Crippen LogP contribution in [0.15, 0.2) is 26.1 Å². The number of H-pyrrole nitrogens is 1. The summed E-state index contributed by atoms with van der Waals surface area (Å²) in [6.45, 7) is 0. The highest BCUT2D eigenvalue weighted by atomic mass is 35.5. The normalized spacial score (nSPS) is 10.5. The Morgan fingerprint density at radius 3 is 2.53 bits per heavy atom. The lowest BCUT2D eigenvalue weighted by Gasteiger charge is -1.94. The van der Waals surface area contributed by atoms with Crippen molar-refractivity contribution >= 4 is 34.5 Å². The molecule has 0 spiro atoms. The number of aromatic nitrogens is 1. The van der Waals surface area contributed by atoms with Crippen LogP contribution in [0.2, 0.25) is 8.67 Å². The Morgan fingerprint density at radius 2 is 2.00 bits per heavy atom. The fraction of sp³-hybridized carbons (Fsp3) is 0. The fourth-order valence-corrected chi connectivity index (χ4v) is 2.53. The number of thiophene rings is 1. The first-order valence-corrected chi connectivity index (χ1v) is 5.33. The predicted molar refractivity (Wildman–Crippen MR) is 58.9 cm³/mol. The quantitative estimate of drug-likeness (QED) is 0.859. The smallest absolute Gasteiger partial charge is 0.409 e. The molecule has 0 fully saturated rings. The Labute approximate surface area is 97.1 Å². The summed E-state index contributed by atoms with van der Waals surface area (Å²) >= 11 is 12.7. The van der Waals surface area contributed by atoms with Crippen molar-refractivity contribution < 1.29 is 4.42 Å². The highest BCUT2D eigenvalue weighted by Gasteiger charge is 2.11. The Bertz CT molecular complexity index is 585. The van der Waals surface area contributed by atoms with E-state index in [4.69, 9.17) is 27.6 Å². The molecule has 0 aliphatic heterocycles. The lowest BCUT2D eigenvalue weighted by Crippen LogP contribution is -2.17. The van der Waals surface area contributed by atoms with Crippen LogP contribution in [0.5, 0.6) is 0 Å². The van der Waals surface area contributed by atoms with E-state index < -0.39 is 11.3 Å². The highest BCUT2D eigenvalue weighted by Crippen LogP contribution is 2.37. The predicted octanol–water partition coefficient (Wildman–Crippen LogP) is 2.36. The second-order valence-corrected chi connectivity index (χ2v) is 4.91. The molecule has 2 aromatic heterocycles. The van der Waals surface area contributed by atoms with Crippen LogP contribution < -0.4 is 11.3 Å². The fourth-order valence-electron chi connectivity index (χ4n) is 1.05. The van der Waals surface area contributed by atoms with Crippen molar-refractivity contribution in [2.45, 2.75) is 0 Å². The van der Waals surface area contributed by atoms with Crippen LogP contribution in [-0.2, 0) is 0 Å². The van der Waals surface area contributed by atoms with Gasteiger partial charge in [-0.2, -0.15) is 0 Å².